The van der Waals surface area contributed by atoms with Crippen molar-refractivity contribution in [2.75, 3.05) is 11.0 Å². The van der Waals surface area contributed by atoms with E-state index in [1.165, 1.54) is 16.3 Å². The van der Waals surface area contributed by atoms with E-state index in [-0.39, 0.29) is 5.82 Å². The number of anilines is 2. The fourth-order valence-electron chi connectivity index (χ4n) is 2.94. The van der Waals surface area contributed by atoms with Gasteiger partial charge in [0.2, 0.25) is 0 Å². The van der Waals surface area contributed by atoms with Crippen LogP contribution in [0.25, 0.3) is 10.9 Å². The molecule has 0 aliphatic carbocycles. The van der Waals surface area contributed by atoms with Crippen molar-refractivity contribution < 1.29 is 13.9 Å². The Labute approximate surface area is 176 Å². The third-order valence-electron chi connectivity index (χ3n) is 4.39. The minimum atomic E-state index is -0.370. The number of methoxy groups -OCH3 is 1. The van der Waals surface area contributed by atoms with Crippen molar-refractivity contribution in [2.24, 2.45) is 0 Å². The number of para-hydroxylation sites is 1. The lowest BCUT2D eigenvalue weighted by Crippen LogP contribution is -2.07. The third-order valence-corrected chi connectivity index (χ3v) is 5.10. The lowest BCUT2D eigenvalue weighted by Gasteiger charge is -2.19. The van der Waals surface area contributed by atoms with Gasteiger partial charge in [0.05, 0.1) is 34.5 Å². The number of nitrogens with zero attached hydrogens (tertiary/aromatic N) is 3. The van der Waals surface area contributed by atoms with E-state index in [1.54, 1.807) is 37.4 Å². The molecule has 0 aliphatic heterocycles. The maximum atomic E-state index is 14.2. The van der Waals surface area contributed by atoms with Crippen molar-refractivity contribution in [1.82, 2.24) is 9.97 Å². The van der Waals surface area contributed by atoms with Crippen molar-refractivity contribution in [3.8, 4) is 11.5 Å². The molecule has 0 spiro atoms. The van der Waals surface area contributed by atoms with Crippen LogP contribution in [0.5, 0.6) is 11.5 Å². The fraction of sp³-hybridized carbons (Fsp3) is 0.0909. The lowest BCUT2D eigenvalue weighted by molar-refractivity contribution is 0.285. The smallest absolute Gasteiger partial charge is 0.163 e. The molecule has 0 saturated carbocycles. The molecule has 0 N–H and O–H groups in total. The first-order valence-electron chi connectivity index (χ1n) is 8.87. The summed E-state index contributed by atoms with van der Waals surface area (Å²) in [7, 11) is 1.57. The summed E-state index contributed by atoms with van der Waals surface area (Å²) >= 11 is 3.42. The van der Waals surface area contributed by atoms with E-state index in [2.05, 4.69) is 26.1 Å². The summed E-state index contributed by atoms with van der Waals surface area (Å²) in [5, 5.41) is 0.691. The number of benzene rings is 3. The zero-order chi connectivity index (χ0) is 20.2. The van der Waals surface area contributed by atoms with Crippen LogP contribution in [0.2, 0.25) is 0 Å². The minimum Gasteiger partial charge on any atom is -0.493 e. The zero-order valence-corrected chi connectivity index (χ0v) is 17.1. The molecule has 146 valence electrons. The molecule has 7 heteroatoms. The number of rotatable bonds is 6. The molecule has 0 aliphatic rings. The molecule has 0 unspecified atom stereocenters. The Kier molecular flexibility index (Phi) is 5.57. The Morgan fingerprint density at radius 2 is 1.72 bits per heavy atom. The van der Waals surface area contributed by atoms with Crippen molar-refractivity contribution in [3.05, 3.63) is 84.4 Å². The van der Waals surface area contributed by atoms with Gasteiger partial charge in [0.1, 0.15) is 18.8 Å². The van der Waals surface area contributed by atoms with Gasteiger partial charge in [-0.1, -0.05) is 42.5 Å². The van der Waals surface area contributed by atoms with Gasteiger partial charge in [0.15, 0.2) is 17.3 Å². The summed E-state index contributed by atoms with van der Waals surface area (Å²) < 4.78 is 27.2. The Bertz CT molecular complexity index is 1140. The highest BCUT2D eigenvalue weighted by Crippen LogP contribution is 2.39. The second kappa shape index (κ2) is 8.45. The summed E-state index contributed by atoms with van der Waals surface area (Å²) in [5.41, 5.74) is 2.04. The van der Waals surface area contributed by atoms with Gasteiger partial charge >= 0.3 is 0 Å². The quantitative estimate of drug-likeness (QED) is 0.345. The molecule has 0 amide bonds. The van der Waals surface area contributed by atoms with Crippen molar-refractivity contribution in [3.63, 3.8) is 0 Å². The van der Waals surface area contributed by atoms with Crippen LogP contribution >= 0.6 is 16.1 Å². The van der Waals surface area contributed by atoms with E-state index >= 15 is 0 Å². The largest absolute Gasteiger partial charge is 0.493 e. The Morgan fingerprint density at radius 1 is 0.966 bits per heavy atom. The Hall–Kier alpha value is -3.19. The molecular weight excluding hydrogens is 437 g/mol. The van der Waals surface area contributed by atoms with Gasteiger partial charge in [0, 0.05) is 11.5 Å². The van der Waals surface area contributed by atoms with Crippen LogP contribution in [0.15, 0.2) is 73.1 Å². The molecule has 0 atom stereocenters. The minimum absolute atomic E-state index is 0.343. The van der Waals surface area contributed by atoms with Crippen molar-refractivity contribution >= 4 is 38.6 Å². The summed E-state index contributed by atoms with van der Waals surface area (Å²) in [6.45, 7) is 0.403. The number of halogens is 2. The predicted molar refractivity (Wildman–Crippen MR) is 114 cm³/mol. The highest BCUT2D eigenvalue weighted by Gasteiger charge is 2.18. The molecule has 0 saturated heterocycles. The van der Waals surface area contributed by atoms with Gasteiger partial charge in [-0.15, -0.1) is 0 Å². The predicted octanol–water partition coefficient (Wildman–Crippen LogP) is 5.80. The molecule has 4 aromatic rings. The normalized spacial score (nSPS) is 10.7. The van der Waals surface area contributed by atoms with E-state index in [4.69, 9.17) is 9.47 Å². The molecule has 29 heavy (non-hydrogen) atoms. The highest BCUT2D eigenvalue weighted by molar-refractivity contribution is 9.10. The molecule has 5 nitrogen and oxygen atoms in total. The van der Waals surface area contributed by atoms with Gasteiger partial charge in [-0.3, -0.25) is 3.93 Å². The number of hydrogen-bond donors (Lipinski definition) is 0. The van der Waals surface area contributed by atoms with Crippen LogP contribution in [0.4, 0.5) is 15.9 Å². The molecule has 0 bridgehead atoms. The number of hydrogen-bond acceptors (Lipinski definition) is 5. The highest BCUT2D eigenvalue weighted by atomic mass is 79.9. The molecule has 1 aromatic heterocycles. The van der Waals surface area contributed by atoms with Gasteiger partial charge in [-0.05, 0) is 23.8 Å². The van der Waals surface area contributed by atoms with Crippen LogP contribution in [0.3, 0.4) is 0 Å². The molecule has 3 aromatic carbocycles. The summed E-state index contributed by atoms with van der Waals surface area (Å²) in [6.07, 6.45) is 1.43. The molecular formula is C22H17BrFN3O2. The zero-order valence-electron chi connectivity index (χ0n) is 15.5. The van der Waals surface area contributed by atoms with Crippen LogP contribution in [0.1, 0.15) is 5.56 Å². The number of fused-ring (bicyclic) bond motifs is 1. The number of ether oxygens (including phenoxy) is 2. The van der Waals surface area contributed by atoms with Gasteiger partial charge in [-0.25, -0.2) is 14.4 Å². The van der Waals surface area contributed by atoms with Gasteiger partial charge < -0.3 is 9.47 Å². The maximum Gasteiger partial charge on any atom is 0.163 e. The van der Waals surface area contributed by atoms with E-state index in [0.29, 0.717) is 40.5 Å². The van der Waals surface area contributed by atoms with E-state index in [0.717, 1.165) is 5.56 Å². The van der Waals surface area contributed by atoms with E-state index in [9.17, 15) is 4.39 Å². The number of aromatic nitrogens is 2. The van der Waals surface area contributed by atoms with Crippen molar-refractivity contribution in [1.29, 1.82) is 0 Å². The van der Waals surface area contributed by atoms with Crippen LogP contribution < -0.4 is 13.4 Å². The standard InChI is InChI=1S/C22H17BrFN3O2/c1-28-20-11-16-18(12-21(20)29-13-15-7-3-2-4-8-15)25-14-26-22(16)27(23)19-10-6-5-9-17(19)24/h2-12,14H,13H2,1H3. The monoisotopic (exact) mass is 453 g/mol. The molecule has 0 fully saturated rings. The Morgan fingerprint density at radius 3 is 2.48 bits per heavy atom. The lowest BCUT2D eigenvalue weighted by atomic mass is 10.2. The Balaban J connectivity index is 1.72. The first-order chi connectivity index (χ1) is 14.2. The second-order valence-electron chi connectivity index (χ2n) is 6.22. The summed E-state index contributed by atoms with van der Waals surface area (Å²) in [5.74, 6) is 1.23. The third kappa shape index (κ3) is 4.00. The summed E-state index contributed by atoms with van der Waals surface area (Å²) in [6, 6.07) is 19.9. The first kappa shape index (κ1) is 19.1. The molecule has 0 radical (unpaired) electrons. The summed E-state index contributed by atoms with van der Waals surface area (Å²) in [4.78, 5) is 8.67. The van der Waals surface area contributed by atoms with Crippen LogP contribution in [-0.2, 0) is 6.61 Å². The van der Waals surface area contributed by atoms with Crippen LogP contribution in [-0.4, -0.2) is 17.1 Å². The van der Waals surface area contributed by atoms with Gasteiger partial charge in [-0.2, -0.15) is 0 Å². The fourth-order valence-corrected chi connectivity index (χ4v) is 3.51. The second-order valence-corrected chi connectivity index (χ2v) is 6.93. The van der Waals surface area contributed by atoms with Crippen LogP contribution in [0, 0.1) is 5.82 Å². The van der Waals surface area contributed by atoms with Gasteiger partial charge in [0.25, 0.3) is 0 Å². The SMILES string of the molecule is COc1cc2c(N(Br)c3ccccc3F)ncnc2cc1OCc1ccccc1. The average molecular weight is 454 g/mol. The van der Waals surface area contributed by atoms with E-state index in [1.807, 2.05) is 30.3 Å². The first-order valence-corrected chi connectivity index (χ1v) is 9.58. The average Bonchev–Trinajstić information content (AvgIpc) is 2.77. The van der Waals surface area contributed by atoms with Crippen molar-refractivity contribution in [2.45, 2.75) is 6.61 Å². The maximum absolute atomic E-state index is 14.2. The molecule has 4 rings (SSSR count). The topological polar surface area (TPSA) is 47.5 Å². The molecule has 1 heterocycles. The van der Waals surface area contributed by atoms with E-state index < -0.39 is 0 Å².